The highest BCUT2D eigenvalue weighted by molar-refractivity contribution is 7.98. The van der Waals surface area contributed by atoms with E-state index < -0.39 is 23.9 Å². The lowest BCUT2D eigenvalue weighted by Crippen LogP contribution is -2.33. The zero-order valence-corrected chi connectivity index (χ0v) is 24.4. The first kappa shape index (κ1) is 31.7. The standard InChI is InChI=1S/C30H39F3N6O2S/c31-19-30(32,33)29(11-12-29)13-15-41-26(34)10-14-37-25-9-8-24(27(35)36)28(40)39-42-23-7-6-22(38-18-23)5-3-1-2-4-20-16-21(25)17-20/h6-10,14,18,20-21H,1-5,11-13,15-17,19,34H2,(H3,35,36)(H,39,40)/b24-8+,25-9+,26-10?,37-14?. The molecule has 2 aliphatic carbocycles. The van der Waals surface area contributed by atoms with Crippen molar-refractivity contribution in [1.82, 2.24) is 9.71 Å². The van der Waals surface area contributed by atoms with Crippen LogP contribution in [-0.2, 0) is 16.0 Å². The Balaban J connectivity index is 1.44. The second-order valence-electron chi connectivity index (χ2n) is 11.3. The minimum absolute atomic E-state index is 0.00560. The summed E-state index contributed by atoms with van der Waals surface area (Å²) in [6.07, 6.45) is 15.7. The fraction of sp³-hybridized carbons (Fsp3) is 0.533. The first-order valence-electron chi connectivity index (χ1n) is 14.4. The van der Waals surface area contributed by atoms with Crippen LogP contribution in [0.5, 0.6) is 0 Å². The number of nitrogens with two attached hydrogens (primary N) is 2. The van der Waals surface area contributed by atoms with Crippen LogP contribution in [0.25, 0.3) is 0 Å². The Morgan fingerprint density at radius 1 is 1.24 bits per heavy atom. The van der Waals surface area contributed by atoms with E-state index in [1.165, 1.54) is 18.4 Å². The molecule has 4 aliphatic heterocycles. The number of allylic oxidation sites excluding steroid dienone is 4. The molecule has 12 heteroatoms. The van der Waals surface area contributed by atoms with E-state index in [0.29, 0.717) is 11.6 Å². The average molecular weight is 605 g/mol. The summed E-state index contributed by atoms with van der Waals surface area (Å²) in [5.74, 6) is -3.46. The molecule has 42 heavy (non-hydrogen) atoms. The molecule has 0 spiro atoms. The molecule has 8 nitrogen and oxygen atoms in total. The van der Waals surface area contributed by atoms with Gasteiger partial charge in [-0.3, -0.25) is 24.9 Å². The van der Waals surface area contributed by atoms with Gasteiger partial charge in [0.15, 0.2) is 12.6 Å². The molecule has 0 unspecified atom stereocenters. The van der Waals surface area contributed by atoms with Crippen molar-refractivity contribution in [3.63, 3.8) is 0 Å². The van der Waals surface area contributed by atoms with Crippen LogP contribution < -0.4 is 16.2 Å². The molecule has 1 aromatic heterocycles. The second-order valence-corrected chi connectivity index (χ2v) is 12.2. The maximum atomic E-state index is 13.8. The van der Waals surface area contributed by atoms with Gasteiger partial charge in [-0.1, -0.05) is 19.3 Å². The molecule has 2 saturated carbocycles. The van der Waals surface area contributed by atoms with Gasteiger partial charge in [0.05, 0.1) is 12.2 Å². The van der Waals surface area contributed by atoms with Gasteiger partial charge in [-0.25, -0.2) is 13.2 Å². The third kappa shape index (κ3) is 8.39. The molecule has 228 valence electrons. The molecule has 0 radical (unpaired) electrons. The topological polar surface area (TPSA) is 139 Å². The molecule has 0 atom stereocenters. The van der Waals surface area contributed by atoms with Gasteiger partial charge in [-0.15, -0.1) is 0 Å². The normalized spacial score (nSPS) is 26.0. The highest BCUT2D eigenvalue weighted by Crippen LogP contribution is 2.59. The number of carbonyl (C=O) groups excluding carboxylic acids is 1. The summed E-state index contributed by atoms with van der Waals surface area (Å²) in [6, 6.07) is 3.88. The summed E-state index contributed by atoms with van der Waals surface area (Å²) in [5.41, 5.74) is 12.0. The number of halogens is 3. The van der Waals surface area contributed by atoms with E-state index in [1.54, 1.807) is 12.3 Å². The second kappa shape index (κ2) is 14.3. The number of alkyl halides is 3. The lowest BCUT2D eigenvalue weighted by molar-refractivity contribution is -0.115. The van der Waals surface area contributed by atoms with E-state index in [1.807, 2.05) is 12.1 Å². The molecular weight excluding hydrogens is 565 g/mol. The van der Waals surface area contributed by atoms with Crippen LogP contribution in [0, 0.1) is 22.7 Å². The molecule has 2 fully saturated rings. The first-order valence-corrected chi connectivity index (χ1v) is 15.2. The van der Waals surface area contributed by atoms with Crippen LogP contribution in [0.15, 0.2) is 63.6 Å². The van der Waals surface area contributed by atoms with Gasteiger partial charge in [0.2, 0.25) is 0 Å². The summed E-state index contributed by atoms with van der Waals surface area (Å²) in [5, 5.41) is 7.93. The number of ether oxygens (including phenoxy) is 1. The predicted molar refractivity (Wildman–Crippen MR) is 159 cm³/mol. The number of hydrogen-bond acceptors (Lipinski definition) is 7. The van der Waals surface area contributed by atoms with E-state index >= 15 is 0 Å². The van der Waals surface area contributed by atoms with Crippen LogP contribution in [0.2, 0.25) is 0 Å². The van der Waals surface area contributed by atoms with Crippen LogP contribution in [-0.4, -0.2) is 42.1 Å². The monoisotopic (exact) mass is 604 g/mol. The number of hydrogen-bond donors (Lipinski definition) is 4. The SMILES string of the molecule is N=C(N)/C1=C\C=C(\N=CC=C(N)OCCC2(C(F)(F)CF)CC2)C2CC(CCCCCc3ccc(cn3)SNC1=O)C2. The van der Waals surface area contributed by atoms with Crippen LogP contribution in [0.3, 0.4) is 0 Å². The third-order valence-electron chi connectivity index (χ3n) is 8.32. The average Bonchev–Trinajstić information content (AvgIpc) is 3.74. The molecule has 6 aliphatic rings. The fourth-order valence-corrected chi connectivity index (χ4v) is 5.91. The van der Waals surface area contributed by atoms with Gasteiger partial charge < -0.3 is 16.2 Å². The fourth-order valence-electron chi connectivity index (χ4n) is 5.35. The molecule has 6 N–H and O–H groups in total. The first-order chi connectivity index (χ1) is 20.1. The number of nitrogens with zero attached hydrogens (tertiary/aromatic N) is 2. The van der Waals surface area contributed by atoms with E-state index in [0.717, 1.165) is 67.5 Å². The van der Waals surface area contributed by atoms with Crippen molar-refractivity contribution >= 4 is 29.9 Å². The lowest BCUT2D eigenvalue weighted by Gasteiger charge is -2.35. The van der Waals surface area contributed by atoms with Gasteiger partial charge in [0.25, 0.3) is 11.8 Å². The zero-order chi connectivity index (χ0) is 30.2. The number of pyridine rings is 1. The summed E-state index contributed by atoms with van der Waals surface area (Å²) in [7, 11) is 0. The van der Waals surface area contributed by atoms with E-state index in [-0.39, 0.29) is 49.1 Å². The molecule has 1 amide bonds. The maximum absolute atomic E-state index is 13.8. The Morgan fingerprint density at radius 3 is 2.69 bits per heavy atom. The number of aryl methyl sites for hydroxylation is 1. The summed E-state index contributed by atoms with van der Waals surface area (Å²) in [4.78, 5) is 22.7. The number of aliphatic imine (C=N–C) groups is 1. The molecule has 4 bridgehead atoms. The minimum atomic E-state index is -3.35. The van der Waals surface area contributed by atoms with Crippen molar-refractivity contribution in [2.75, 3.05) is 13.3 Å². The lowest BCUT2D eigenvalue weighted by atomic mass is 9.71. The van der Waals surface area contributed by atoms with Crippen molar-refractivity contribution in [3.8, 4) is 0 Å². The van der Waals surface area contributed by atoms with E-state index in [9.17, 15) is 18.0 Å². The number of amides is 1. The van der Waals surface area contributed by atoms with Crippen molar-refractivity contribution in [3.05, 3.63) is 59.4 Å². The Morgan fingerprint density at radius 2 is 2.02 bits per heavy atom. The molecule has 5 heterocycles. The van der Waals surface area contributed by atoms with Crippen LogP contribution in [0.1, 0.15) is 63.5 Å². The van der Waals surface area contributed by atoms with Crippen molar-refractivity contribution < 1.29 is 22.7 Å². The van der Waals surface area contributed by atoms with Gasteiger partial charge in [0, 0.05) is 46.1 Å². The van der Waals surface area contributed by atoms with E-state index in [2.05, 4.69) is 14.7 Å². The van der Waals surface area contributed by atoms with Gasteiger partial charge in [-0.05, 0) is 87.1 Å². The minimum Gasteiger partial charge on any atom is -0.479 e. The summed E-state index contributed by atoms with van der Waals surface area (Å²) < 4.78 is 48.5. The number of rotatable bonds is 9. The van der Waals surface area contributed by atoms with Crippen LogP contribution >= 0.6 is 11.9 Å². The summed E-state index contributed by atoms with van der Waals surface area (Å²) in [6.45, 7) is -1.72. The maximum Gasteiger partial charge on any atom is 0.281 e. The predicted octanol–water partition coefficient (Wildman–Crippen LogP) is 5.76. The third-order valence-corrected chi connectivity index (χ3v) is 9.09. The highest BCUT2D eigenvalue weighted by atomic mass is 32.2. The number of amidine groups is 1. The summed E-state index contributed by atoms with van der Waals surface area (Å²) >= 11 is 1.10. The van der Waals surface area contributed by atoms with Crippen molar-refractivity contribution in [2.24, 2.45) is 33.7 Å². The van der Waals surface area contributed by atoms with Gasteiger partial charge in [-0.2, -0.15) is 0 Å². The highest BCUT2D eigenvalue weighted by Gasteiger charge is 2.61. The Hall–Kier alpha value is -3.28. The van der Waals surface area contributed by atoms with Crippen LogP contribution in [0.4, 0.5) is 13.2 Å². The Bertz CT molecular complexity index is 1240. The Kier molecular flexibility index (Phi) is 10.7. The molecule has 0 saturated heterocycles. The number of nitrogens with one attached hydrogen (secondary N) is 2. The zero-order valence-electron chi connectivity index (χ0n) is 23.6. The van der Waals surface area contributed by atoms with Gasteiger partial charge in [0.1, 0.15) is 5.84 Å². The van der Waals surface area contributed by atoms with E-state index in [4.69, 9.17) is 21.6 Å². The smallest absolute Gasteiger partial charge is 0.281 e. The quantitative estimate of drug-likeness (QED) is 0.122. The van der Waals surface area contributed by atoms with Crippen molar-refractivity contribution in [2.45, 2.75) is 75.0 Å². The number of carbonyl (C=O) groups is 1. The number of aromatic nitrogens is 1. The van der Waals surface area contributed by atoms with Gasteiger partial charge >= 0.3 is 0 Å². The largest absolute Gasteiger partial charge is 0.479 e. The molecule has 7 rings (SSSR count). The molecule has 1 aromatic rings. The molecule has 0 aromatic carbocycles. The Labute approximate surface area is 249 Å². The molecular formula is C30H39F3N6O2S. The van der Waals surface area contributed by atoms with Crippen molar-refractivity contribution in [1.29, 1.82) is 5.41 Å².